The van der Waals surface area contributed by atoms with E-state index in [-0.39, 0.29) is 11.5 Å². The first-order chi connectivity index (χ1) is 9.10. The summed E-state index contributed by atoms with van der Waals surface area (Å²) >= 11 is 6.38. The Bertz CT molecular complexity index is 483. The number of benzene rings is 1. The molecule has 0 aromatic heterocycles. The lowest BCUT2D eigenvalue weighted by molar-refractivity contribution is 0.170. The number of hydrogen-bond acceptors (Lipinski definition) is 3. The van der Waals surface area contributed by atoms with Crippen molar-refractivity contribution in [3.63, 3.8) is 0 Å². The van der Waals surface area contributed by atoms with Gasteiger partial charge in [0.15, 0.2) is 11.5 Å². The van der Waals surface area contributed by atoms with E-state index in [2.05, 4.69) is 6.92 Å². The summed E-state index contributed by atoms with van der Waals surface area (Å²) in [6.07, 6.45) is 4.84. The number of nitrogens with two attached hydrogens (primary N) is 1. The van der Waals surface area contributed by atoms with E-state index in [0.29, 0.717) is 18.2 Å². The van der Waals surface area contributed by atoms with Crippen molar-refractivity contribution in [2.75, 3.05) is 13.2 Å². The van der Waals surface area contributed by atoms with Gasteiger partial charge in [-0.15, -0.1) is 0 Å². The van der Waals surface area contributed by atoms with Gasteiger partial charge in [0.25, 0.3) is 0 Å². The zero-order valence-electron chi connectivity index (χ0n) is 11.2. The lowest BCUT2D eigenvalue weighted by Crippen LogP contribution is -2.29. The van der Waals surface area contributed by atoms with E-state index in [1.54, 1.807) is 0 Å². The maximum atomic E-state index is 6.49. The molecule has 1 fully saturated rings. The molecule has 1 aliphatic heterocycles. The topological polar surface area (TPSA) is 44.5 Å². The van der Waals surface area contributed by atoms with Gasteiger partial charge < -0.3 is 15.2 Å². The van der Waals surface area contributed by atoms with Crippen LogP contribution in [0.15, 0.2) is 12.1 Å². The van der Waals surface area contributed by atoms with Crippen molar-refractivity contribution in [2.24, 2.45) is 11.1 Å². The Hall–Kier alpha value is -0.930. The van der Waals surface area contributed by atoms with Crippen LogP contribution < -0.4 is 15.2 Å². The largest absolute Gasteiger partial charge is 0.486 e. The fraction of sp³-hybridized carbons (Fsp3) is 0.600. The molecular weight excluding hydrogens is 262 g/mol. The number of fused-ring (bicyclic) bond motifs is 1. The van der Waals surface area contributed by atoms with E-state index in [0.717, 1.165) is 17.1 Å². The number of rotatable bonds is 2. The predicted octanol–water partition coefficient (Wildman–Crippen LogP) is 3.69. The molecular formula is C15H20ClNO2. The predicted molar refractivity (Wildman–Crippen MR) is 75.9 cm³/mol. The summed E-state index contributed by atoms with van der Waals surface area (Å²) in [5.41, 5.74) is 7.62. The molecule has 0 saturated heterocycles. The van der Waals surface area contributed by atoms with Gasteiger partial charge in [0, 0.05) is 17.1 Å². The summed E-state index contributed by atoms with van der Waals surface area (Å²) in [6, 6.07) is 3.76. The van der Waals surface area contributed by atoms with Crippen molar-refractivity contribution in [3.05, 3.63) is 22.7 Å². The average Bonchev–Trinajstić information content (AvgIpc) is 2.85. The number of ether oxygens (including phenoxy) is 2. The van der Waals surface area contributed by atoms with Crippen molar-refractivity contribution >= 4 is 11.6 Å². The van der Waals surface area contributed by atoms with E-state index >= 15 is 0 Å². The second kappa shape index (κ2) is 4.88. The van der Waals surface area contributed by atoms with Crippen molar-refractivity contribution in [3.8, 4) is 11.5 Å². The molecule has 104 valence electrons. The molecule has 19 heavy (non-hydrogen) atoms. The zero-order chi connectivity index (χ0) is 13.5. The van der Waals surface area contributed by atoms with Gasteiger partial charge in [-0.05, 0) is 29.9 Å². The van der Waals surface area contributed by atoms with Crippen molar-refractivity contribution in [2.45, 2.75) is 38.6 Å². The summed E-state index contributed by atoms with van der Waals surface area (Å²) in [5.74, 6) is 1.49. The van der Waals surface area contributed by atoms with E-state index in [1.165, 1.54) is 25.7 Å². The van der Waals surface area contributed by atoms with Crippen LogP contribution in [-0.2, 0) is 0 Å². The van der Waals surface area contributed by atoms with Crippen LogP contribution in [-0.4, -0.2) is 13.2 Å². The molecule has 0 amide bonds. The normalized spacial score (nSPS) is 22.3. The van der Waals surface area contributed by atoms with E-state index in [4.69, 9.17) is 26.8 Å². The van der Waals surface area contributed by atoms with Crippen LogP contribution in [0.4, 0.5) is 0 Å². The molecule has 1 unspecified atom stereocenters. The highest BCUT2D eigenvalue weighted by atomic mass is 35.5. The molecule has 1 heterocycles. The smallest absolute Gasteiger partial charge is 0.162 e. The maximum absolute atomic E-state index is 6.49. The standard InChI is InChI=1S/C15H20ClNO2/c1-15(4-2-3-5-15)14(17)10-8-12-13(9-11(10)16)19-7-6-18-12/h8-9,14H,2-7,17H2,1H3. The quantitative estimate of drug-likeness (QED) is 0.899. The first kappa shape index (κ1) is 13.1. The summed E-state index contributed by atoms with van der Waals surface area (Å²) < 4.78 is 11.2. The Balaban J connectivity index is 1.95. The molecule has 2 aliphatic rings. The van der Waals surface area contributed by atoms with Crippen LogP contribution in [0.1, 0.15) is 44.2 Å². The Morgan fingerprint density at radius 1 is 1.16 bits per heavy atom. The number of hydrogen-bond donors (Lipinski definition) is 1. The summed E-state index contributed by atoms with van der Waals surface area (Å²) in [6.45, 7) is 3.42. The summed E-state index contributed by atoms with van der Waals surface area (Å²) in [7, 11) is 0. The van der Waals surface area contributed by atoms with Crippen LogP contribution >= 0.6 is 11.6 Å². The first-order valence-electron chi connectivity index (χ1n) is 6.95. The van der Waals surface area contributed by atoms with Crippen LogP contribution in [0, 0.1) is 5.41 Å². The molecule has 1 saturated carbocycles. The second-order valence-electron chi connectivity index (χ2n) is 5.86. The van der Waals surface area contributed by atoms with Crippen LogP contribution in [0.5, 0.6) is 11.5 Å². The third-order valence-electron chi connectivity index (χ3n) is 4.49. The molecule has 2 N–H and O–H groups in total. The van der Waals surface area contributed by atoms with Gasteiger partial charge in [0.2, 0.25) is 0 Å². The molecule has 3 rings (SSSR count). The van der Waals surface area contributed by atoms with Crippen molar-refractivity contribution in [1.82, 2.24) is 0 Å². The minimum atomic E-state index is -0.0432. The van der Waals surface area contributed by atoms with E-state index in [1.807, 2.05) is 12.1 Å². The van der Waals surface area contributed by atoms with Crippen molar-refractivity contribution < 1.29 is 9.47 Å². The van der Waals surface area contributed by atoms with Gasteiger partial charge >= 0.3 is 0 Å². The Kier molecular flexibility index (Phi) is 3.35. The fourth-order valence-electron chi connectivity index (χ4n) is 3.19. The van der Waals surface area contributed by atoms with Crippen LogP contribution in [0.3, 0.4) is 0 Å². The SMILES string of the molecule is CC1(C(N)c2cc3c(cc2Cl)OCCO3)CCCC1. The third kappa shape index (κ3) is 2.30. The minimum absolute atomic E-state index is 0.0432. The lowest BCUT2D eigenvalue weighted by Gasteiger charge is -2.32. The maximum Gasteiger partial charge on any atom is 0.162 e. The van der Waals surface area contributed by atoms with Gasteiger partial charge in [-0.2, -0.15) is 0 Å². The monoisotopic (exact) mass is 281 g/mol. The molecule has 3 nitrogen and oxygen atoms in total. The molecule has 0 bridgehead atoms. The summed E-state index contributed by atoms with van der Waals surface area (Å²) in [5, 5.41) is 0.685. The Morgan fingerprint density at radius 3 is 2.37 bits per heavy atom. The average molecular weight is 282 g/mol. The fourth-order valence-corrected chi connectivity index (χ4v) is 3.46. The van der Waals surface area contributed by atoms with Gasteiger partial charge in [-0.3, -0.25) is 0 Å². The zero-order valence-corrected chi connectivity index (χ0v) is 12.0. The first-order valence-corrected chi connectivity index (χ1v) is 7.33. The van der Waals surface area contributed by atoms with Crippen LogP contribution in [0.2, 0.25) is 5.02 Å². The number of halogens is 1. The van der Waals surface area contributed by atoms with Crippen molar-refractivity contribution in [1.29, 1.82) is 0 Å². The molecule has 1 atom stereocenters. The minimum Gasteiger partial charge on any atom is -0.486 e. The molecule has 0 radical (unpaired) electrons. The van der Waals surface area contributed by atoms with Gasteiger partial charge in [-0.25, -0.2) is 0 Å². The van der Waals surface area contributed by atoms with Crippen LogP contribution in [0.25, 0.3) is 0 Å². The highest BCUT2D eigenvalue weighted by Gasteiger charge is 2.37. The van der Waals surface area contributed by atoms with Gasteiger partial charge in [0.05, 0.1) is 0 Å². The summed E-state index contributed by atoms with van der Waals surface area (Å²) in [4.78, 5) is 0. The molecule has 4 heteroatoms. The van der Waals surface area contributed by atoms with E-state index in [9.17, 15) is 0 Å². The molecule has 0 spiro atoms. The molecule has 1 aliphatic carbocycles. The highest BCUT2D eigenvalue weighted by molar-refractivity contribution is 6.31. The Labute approximate surface area is 119 Å². The highest BCUT2D eigenvalue weighted by Crippen LogP contribution is 2.49. The molecule has 1 aromatic carbocycles. The van der Waals surface area contributed by atoms with Gasteiger partial charge in [0.1, 0.15) is 13.2 Å². The Morgan fingerprint density at radius 2 is 1.74 bits per heavy atom. The van der Waals surface area contributed by atoms with Gasteiger partial charge in [-0.1, -0.05) is 31.4 Å². The second-order valence-corrected chi connectivity index (χ2v) is 6.26. The third-order valence-corrected chi connectivity index (χ3v) is 4.82. The lowest BCUT2D eigenvalue weighted by atomic mass is 9.78. The molecule has 1 aromatic rings. The van der Waals surface area contributed by atoms with E-state index < -0.39 is 0 Å².